The number of nitrogens with zero attached hydrogens (tertiary/aromatic N) is 1. The highest BCUT2D eigenvalue weighted by atomic mass is 16.2. The first-order valence-corrected chi connectivity index (χ1v) is 5.74. The van der Waals surface area contributed by atoms with Crippen molar-refractivity contribution in [2.75, 3.05) is 13.1 Å². The molecule has 0 radical (unpaired) electrons. The fraction of sp³-hybridized carbons (Fsp3) is 0.214. The maximum atomic E-state index is 12.3. The number of likely N-dealkylation sites (N-methyl/N-ethyl adjacent to an activating group) is 1. The molecule has 0 bridgehead atoms. The van der Waals surface area contributed by atoms with E-state index in [-0.39, 0.29) is 5.91 Å². The van der Waals surface area contributed by atoms with Crippen molar-refractivity contribution < 1.29 is 4.79 Å². The largest absolute Gasteiger partial charge is 0.361 e. The van der Waals surface area contributed by atoms with E-state index < -0.39 is 0 Å². The summed E-state index contributed by atoms with van der Waals surface area (Å²) in [5.74, 6) is 0.0533. The van der Waals surface area contributed by atoms with Crippen molar-refractivity contribution in [2.24, 2.45) is 0 Å². The lowest BCUT2D eigenvalue weighted by Crippen LogP contribution is -2.30. The van der Waals surface area contributed by atoms with Gasteiger partial charge in [-0.25, -0.2) is 0 Å². The van der Waals surface area contributed by atoms with Crippen LogP contribution in [-0.2, 0) is 0 Å². The van der Waals surface area contributed by atoms with Gasteiger partial charge in [-0.05, 0) is 25.1 Å². The molecule has 1 heterocycles. The molecule has 17 heavy (non-hydrogen) atoms. The molecule has 0 aliphatic rings. The summed E-state index contributed by atoms with van der Waals surface area (Å²) >= 11 is 0. The Morgan fingerprint density at radius 3 is 3.00 bits per heavy atom. The molecule has 3 heteroatoms. The first kappa shape index (κ1) is 11.5. The zero-order chi connectivity index (χ0) is 12.3. The molecule has 0 spiro atoms. The van der Waals surface area contributed by atoms with Gasteiger partial charge in [-0.15, -0.1) is 6.58 Å². The molecule has 0 aliphatic heterocycles. The van der Waals surface area contributed by atoms with E-state index in [9.17, 15) is 4.79 Å². The maximum Gasteiger partial charge on any atom is 0.254 e. The van der Waals surface area contributed by atoms with E-state index in [2.05, 4.69) is 11.6 Å². The number of nitrogens with one attached hydrogen (secondary N) is 1. The van der Waals surface area contributed by atoms with Crippen molar-refractivity contribution >= 4 is 16.8 Å². The second kappa shape index (κ2) is 4.87. The first-order chi connectivity index (χ1) is 8.27. The second-order valence-electron chi connectivity index (χ2n) is 3.88. The number of carbonyl (C=O) groups excluding carboxylic acids is 1. The van der Waals surface area contributed by atoms with Crippen LogP contribution in [0.15, 0.2) is 43.1 Å². The Kier molecular flexibility index (Phi) is 3.28. The van der Waals surface area contributed by atoms with Crippen LogP contribution in [0.4, 0.5) is 0 Å². The molecule has 1 aromatic heterocycles. The Hall–Kier alpha value is -2.03. The van der Waals surface area contributed by atoms with E-state index in [0.717, 1.165) is 16.5 Å². The lowest BCUT2D eigenvalue weighted by Gasteiger charge is -2.19. The summed E-state index contributed by atoms with van der Waals surface area (Å²) in [6.07, 6.45) is 3.60. The molecule has 2 aromatic rings. The summed E-state index contributed by atoms with van der Waals surface area (Å²) < 4.78 is 0. The summed E-state index contributed by atoms with van der Waals surface area (Å²) in [7, 11) is 0. The van der Waals surface area contributed by atoms with Gasteiger partial charge in [0.1, 0.15) is 0 Å². The van der Waals surface area contributed by atoms with Crippen molar-refractivity contribution in [3.05, 3.63) is 48.7 Å². The van der Waals surface area contributed by atoms with Crippen molar-refractivity contribution in [3.8, 4) is 0 Å². The van der Waals surface area contributed by atoms with Crippen LogP contribution in [0, 0.1) is 0 Å². The van der Waals surface area contributed by atoms with Crippen LogP contribution in [-0.4, -0.2) is 28.9 Å². The van der Waals surface area contributed by atoms with Gasteiger partial charge in [-0.3, -0.25) is 4.79 Å². The standard InChI is InChI=1S/C14H16N2O/c1-3-10-16(4-2)14(17)12-6-5-7-13-11(12)8-9-15-13/h3,5-9,15H,1,4,10H2,2H3. The van der Waals surface area contributed by atoms with E-state index in [1.165, 1.54) is 0 Å². The van der Waals surface area contributed by atoms with Crippen molar-refractivity contribution in [2.45, 2.75) is 6.92 Å². The van der Waals surface area contributed by atoms with E-state index >= 15 is 0 Å². The minimum atomic E-state index is 0.0533. The summed E-state index contributed by atoms with van der Waals surface area (Å²) in [4.78, 5) is 17.2. The lowest BCUT2D eigenvalue weighted by atomic mass is 10.1. The number of aromatic amines is 1. The van der Waals surface area contributed by atoms with Crippen LogP contribution in [0.2, 0.25) is 0 Å². The zero-order valence-electron chi connectivity index (χ0n) is 9.94. The second-order valence-corrected chi connectivity index (χ2v) is 3.88. The maximum absolute atomic E-state index is 12.3. The normalized spacial score (nSPS) is 10.4. The van der Waals surface area contributed by atoms with Gasteiger partial charge in [0.15, 0.2) is 0 Å². The SMILES string of the molecule is C=CCN(CC)C(=O)c1cccc2[nH]ccc12. The molecule has 2 rings (SSSR count). The fourth-order valence-electron chi connectivity index (χ4n) is 1.95. The number of amides is 1. The highest BCUT2D eigenvalue weighted by molar-refractivity contribution is 6.06. The quantitative estimate of drug-likeness (QED) is 0.802. The van der Waals surface area contributed by atoms with Gasteiger partial charge in [0.25, 0.3) is 5.91 Å². The third-order valence-corrected chi connectivity index (χ3v) is 2.84. The Bertz CT molecular complexity index is 542. The summed E-state index contributed by atoms with van der Waals surface area (Å²) in [5.41, 5.74) is 1.73. The van der Waals surface area contributed by atoms with Crippen molar-refractivity contribution in [1.29, 1.82) is 0 Å². The van der Waals surface area contributed by atoms with Gasteiger partial charge < -0.3 is 9.88 Å². The van der Waals surface area contributed by atoms with Crippen LogP contribution in [0.3, 0.4) is 0 Å². The molecule has 88 valence electrons. The molecule has 1 amide bonds. The Morgan fingerprint density at radius 2 is 2.29 bits per heavy atom. The van der Waals surface area contributed by atoms with Crippen LogP contribution in [0.25, 0.3) is 10.9 Å². The molecule has 3 nitrogen and oxygen atoms in total. The Labute approximate surface area is 101 Å². The van der Waals surface area contributed by atoms with Crippen LogP contribution in [0.1, 0.15) is 17.3 Å². The number of fused-ring (bicyclic) bond motifs is 1. The number of carbonyl (C=O) groups is 1. The predicted octanol–water partition coefficient (Wildman–Crippen LogP) is 2.82. The van der Waals surface area contributed by atoms with E-state index in [1.807, 2.05) is 37.4 Å². The molecule has 0 atom stereocenters. The number of aromatic nitrogens is 1. The van der Waals surface area contributed by atoms with E-state index in [1.54, 1.807) is 11.0 Å². The summed E-state index contributed by atoms with van der Waals surface area (Å²) in [6.45, 7) is 6.91. The van der Waals surface area contributed by atoms with Gasteiger partial charge in [0.05, 0.1) is 0 Å². The third-order valence-electron chi connectivity index (χ3n) is 2.84. The molecule has 0 aliphatic carbocycles. The van der Waals surface area contributed by atoms with Crippen molar-refractivity contribution in [1.82, 2.24) is 9.88 Å². The van der Waals surface area contributed by atoms with Crippen LogP contribution < -0.4 is 0 Å². The summed E-state index contributed by atoms with van der Waals surface area (Å²) in [6, 6.07) is 7.66. The molecule has 0 saturated carbocycles. The van der Waals surface area contributed by atoms with Crippen LogP contribution in [0.5, 0.6) is 0 Å². The molecular weight excluding hydrogens is 212 g/mol. The average molecular weight is 228 g/mol. The minimum absolute atomic E-state index is 0.0533. The van der Waals surface area contributed by atoms with E-state index in [0.29, 0.717) is 13.1 Å². The number of hydrogen-bond donors (Lipinski definition) is 1. The van der Waals surface area contributed by atoms with Gasteiger partial charge in [-0.1, -0.05) is 12.1 Å². The number of rotatable bonds is 4. The molecule has 1 N–H and O–H groups in total. The predicted molar refractivity (Wildman–Crippen MR) is 70.1 cm³/mol. The molecule has 0 fully saturated rings. The Balaban J connectivity index is 2.41. The molecular formula is C14H16N2O. The highest BCUT2D eigenvalue weighted by Crippen LogP contribution is 2.18. The smallest absolute Gasteiger partial charge is 0.254 e. The van der Waals surface area contributed by atoms with E-state index in [4.69, 9.17) is 0 Å². The zero-order valence-corrected chi connectivity index (χ0v) is 9.94. The molecule has 1 aromatic carbocycles. The van der Waals surface area contributed by atoms with Gasteiger partial charge >= 0.3 is 0 Å². The fourth-order valence-corrected chi connectivity index (χ4v) is 1.95. The summed E-state index contributed by atoms with van der Waals surface area (Å²) in [5, 5.41) is 0.972. The van der Waals surface area contributed by atoms with Gasteiger partial charge in [0.2, 0.25) is 0 Å². The first-order valence-electron chi connectivity index (χ1n) is 5.74. The van der Waals surface area contributed by atoms with Gasteiger partial charge in [-0.2, -0.15) is 0 Å². The number of benzene rings is 1. The van der Waals surface area contributed by atoms with Crippen LogP contribution >= 0.6 is 0 Å². The topological polar surface area (TPSA) is 36.1 Å². The minimum Gasteiger partial charge on any atom is -0.361 e. The highest BCUT2D eigenvalue weighted by Gasteiger charge is 2.15. The van der Waals surface area contributed by atoms with Gasteiger partial charge in [0, 0.05) is 35.8 Å². The third kappa shape index (κ3) is 2.09. The van der Waals surface area contributed by atoms with Crippen molar-refractivity contribution in [3.63, 3.8) is 0 Å². The number of H-pyrrole nitrogens is 1. The number of hydrogen-bond acceptors (Lipinski definition) is 1. The monoisotopic (exact) mass is 228 g/mol. The molecule has 0 unspecified atom stereocenters. The lowest BCUT2D eigenvalue weighted by molar-refractivity contribution is 0.0784. The molecule has 0 saturated heterocycles. The average Bonchev–Trinajstić information content (AvgIpc) is 2.83. The Morgan fingerprint density at radius 1 is 1.47 bits per heavy atom.